The second kappa shape index (κ2) is 10.1. The molecule has 2 heterocycles. The fraction of sp³-hybridized carbons (Fsp3) is 0.643. The molecule has 1 aliphatic rings. The number of aliphatic imine (C=N–C) groups is 1. The second-order valence-electron chi connectivity index (χ2n) is 5.00. The number of rotatable bonds is 4. The van der Waals surface area contributed by atoms with Crippen LogP contribution in [0.5, 0.6) is 0 Å². The van der Waals surface area contributed by atoms with E-state index < -0.39 is 0 Å². The lowest BCUT2D eigenvalue weighted by Crippen LogP contribution is -2.53. The van der Waals surface area contributed by atoms with Gasteiger partial charge in [0.15, 0.2) is 5.96 Å². The lowest BCUT2D eigenvalue weighted by atomic mass is 10.3. The van der Waals surface area contributed by atoms with E-state index in [-0.39, 0.29) is 24.0 Å². The van der Waals surface area contributed by atoms with Gasteiger partial charge in [-0.05, 0) is 12.3 Å². The van der Waals surface area contributed by atoms with Crippen LogP contribution in [-0.4, -0.2) is 72.1 Å². The van der Waals surface area contributed by atoms with Crippen LogP contribution in [0.25, 0.3) is 0 Å². The largest absolute Gasteiger partial charge is 0.355 e. The summed E-state index contributed by atoms with van der Waals surface area (Å²) in [6, 6.07) is 1.85. The smallest absolute Gasteiger partial charge is 0.225 e. The molecule has 6 nitrogen and oxygen atoms in total. The molecule has 1 N–H and O–H groups in total. The maximum absolute atomic E-state index is 4.39. The van der Waals surface area contributed by atoms with E-state index >= 15 is 0 Å². The minimum Gasteiger partial charge on any atom is -0.355 e. The lowest BCUT2D eigenvalue weighted by molar-refractivity contribution is 0.370. The number of guanidine groups is 1. The molecule has 0 radical (unpaired) electrons. The molecule has 0 aliphatic carbocycles. The van der Waals surface area contributed by atoms with Crippen LogP contribution in [0.1, 0.15) is 6.92 Å². The molecule has 1 fully saturated rings. The topological polar surface area (TPSA) is 56.7 Å². The van der Waals surface area contributed by atoms with Crippen molar-refractivity contribution in [2.75, 3.05) is 50.9 Å². The van der Waals surface area contributed by atoms with Gasteiger partial charge in [-0.15, -0.1) is 24.0 Å². The molecule has 0 amide bonds. The molecule has 0 aromatic carbocycles. The van der Waals surface area contributed by atoms with E-state index in [1.165, 1.54) is 0 Å². The van der Waals surface area contributed by atoms with Crippen molar-refractivity contribution >= 4 is 47.6 Å². The second-order valence-corrected chi connectivity index (χ2v) is 6.27. The number of hydrogen-bond donors (Lipinski definition) is 1. The first-order valence-electron chi connectivity index (χ1n) is 7.25. The maximum atomic E-state index is 4.39. The van der Waals surface area contributed by atoms with E-state index in [1.54, 1.807) is 12.4 Å². The van der Waals surface area contributed by atoms with Gasteiger partial charge >= 0.3 is 0 Å². The number of halogens is 1. The Labute approximate surface area is 154 Å². The summed E-state index contributed by atoms with van der Waals surface area (Å²) in [5.41, 5.74) is 0. The molecular formula is C14H25IN6S. The van der Waals surface area contributed by atoms with E-state index in [0.29, 0.717) is 5.25 Å². The van der Waals surface area contributed by atoms with Crippen LogP contribution in [0.2, 0.25) is 0 Å². The van der Waals surface area contributed by atoms with Gasteiger partial charge in [0.1, 0.15) is 0 Å². The summed E-state index contributed by atoms with van der Waals surface area (Å²) < 4.78 is 0. The van der Waals surface area contributed by atoms with E-state index in [0.717, 1.165) is 44.6 Å². The van der Waals surface area contributed by atoms with Gasteiger partial charge in [-0.3, -0.25) is 4.99 Å². The third kappa shape index (κ3) is 5.45. The molecule has 124 valence electrons. The summed E-state index contributed by atoms with van der Waals surface area (Å²) in [6.07, 6.45) is 5.71. The molecule has 0 bridgehead atoms. The molecule has 22 heavy (non-hydrogen) atoms. The number of piperazine rings is 1. The SMILES string of the molecule is CN=C(NCC(C)SC)N1CCN(c2ncccn2)CC1.I. The predicted octanol–water partition coefficient (Wildman–Crippen LogP) is 1.54. The number of anilines is 1. The highest BCUT2D eigenvalue weighted by molar-refractivity contribution is 14.0. The Bertz CT molecular complexity index is 450. The molecule has 2 rings (SSSR count). The van der Waals surface area contributed by atoms with Crippen LogP contribution < -0.4 is 10.2 Å². The molecule has 1 aromatic heterocycles. The summed E-state index contributed by atoms with van der Waals surface area (Å²) in [6.45, 7) is 6.87. The summed E-state index contributed by atoms with van der Waals surface area (Å²) in [5.74, 6) is 1.81. The number of nitrogens with one attached hydrogen (secondary N) is 1. The lowest BCUT2D eigenvalue weighted by Gasteiger charge is -2.36. The van der Waals surface area contributed by atoms with Gasteiger partial charge < -0.3 is 15.1 Å². The van der Waals surface area contributed by atoms with Crippen molar-refractivity contribution in [3.05, 3.63) is 18.5 Å². The zero-order valence-corrected chi connectivity index (χ0v) is 16.5. The predicted molar refractivity (Wildman–Crippen MR) is 106 cm³/mol. The van der Waals surface area contributed by atoms with E-state index in [1.807, 2.05) is 24.9 Å². The Kier molecular flexibility index (Phi) is 8.84. The number of hydrogen-bond acceptors (Lipinski definition) is 5. The standard InChI is InChI=1S/C14H24N6S.HI/c1-12(21-3)11-18-13(15-2)19-7-9-20(10-8-19)14-16-5-4-6-17-14;/h4-6,12H,7-11H2,1-3H3,(H,15,18);1H. The Morgan fingerprint density at radius 2 is 1.95 bits per heavy atom. The number of aromatic nitrogens is 2. The van der Waals surface area contributed by atoms with Crippen molar-refractivity contribution in [2.45, 2.75) is 12.2 Å². The minimum absolute atomic E-state index is 0. The summed E-state index contributed by atoms with van der Waals surface area (Å²) in [5, 5.41) is 4.03. The van der Waals surface area contributed by atoms with Crippen molar-refractivity contribution in [1.29, 1.82) is 0 Å². The number of nitrogens with zero attached hydrogens (tertiary/aromatic N) is 5. The van der Waals surface area contributed by atoms with Gasteiger partial charge in [-0.1, -0.05) is 6.92 Å². The van der Waals surface area contributed by atoms with E-state index in [9.17, 15) is 0 Å². The van der Waals surface area contributed by atoms with E-state index in [4.69, 9.17) is 0 Å². The van der Waals surface area contributed by atoms with Gasteiger partial charge in [0, 0.05) is 57.4 Å². The van der Waals surface area contributed by atoms with E-state index in [2.05, 4.69) is 43.3 Å². The molecule has 1 unspecified atom stereocenters. The van der Waals surface area contributed by atoms with Crippen LogP contribution in [0, 0.1) is 0 Å². The number of thioether (sulfide) groups is 1. The van der Waals surface area contributed by atoms with Crippen molar-refractivity contribution in [3.8, 4) is 0 Å². The Morgan fingerprint density at radius 3 is 2.50 bits per heavy atom. The molecule has 1 saturated heterocycles. The summed E-state index contributed by atoms with van der Waals surface area (Å²) in [4.78, 5) is 17.5. The van der Waals surface area contributed by atoms with Crippen molar-refractivity contribution in [3.63, 3.8) is 0 Å². The molecular weight excluding hydrogens is 411 g/mol. The zero-order valence-electron chi connectivity index (χ0n) is 13.4. The van der Waals surface area contributed by atoms with Crippen molar-refractivity contribution in [2.24, 2.45) is 4.99 Å². The first-order chi connectivity index (χ1) is 10.2. The Hall–Kier alpha value is -0.770. The van der Waals surface area contributed by atoms with Gasteiger partial charge in [-0.2, -0.15) is 11.8 Å². The normalized spacial score (nSPS) is 17.0. The molecule has 0 spiro atoms. The molecule has 1 aromatic rings. The van der Waals surface area contributed by atoms with Crippen LogP contribution >= 0.6 is 35.7 Å². The highest BCUT2D eigenvalue weighted by Gasteiger charge is 2.21. The van der Waals surface area contributed by atoms with Crippen LogP contribution in [0.4, 0.5) is 5.95 Å². The van der Waals surface area contributed by atoms with Crippen molar-refractivity contribution in [1.82, 2.24) is 20.2 Å². The summed E-state index contributed by atoms with van der Waals surface area (Å²) in [7, 11) is 1.85. The fourth-order valence-corrected chi connectivity index (χ4v) is 2.47. The van der Waals surface area contributed by atoms with Gasteiger partial charge in [0.05, 0.1) is 0 Å². The summed E-state index contributed by atoms with van der Waals surface area (Å²) >= 11 is 1.86. The Morgan fingerprint density at radius 1 is 1.32 bits per heavy atom. The Balaban J connectivity index is 0.00000242. The van der Waals surface area contributed by atoms with Crippen LogP contribution in [0.3, 0.4) is 0 Å². The monoisotopic (exact) mass is 436 g/mol. The highest BCUT2D eigenvalue weighted by Crippen LogP contribution is 2.10. The zero-order chi connectivity index (χ0) is 15.1. The van der Waals surface area contributed by atoms with Crippen LogP contribution in [0.15, 0.2) is 23.5 Å². The highest BCUT2D eigenvalue weighted by atomic mass is 127. The third-order valence-electron chi connectivity index (χ3n) is 3.58. The first kappa shape index (κ1) is 19.3. The van der Waals surface area contributed by atoms with Gasteiger partial charge in [0.25, 0.3) is 0 Å². The molecule has 0 saturated carbocycles. The molecule has 8 heteroatoms. The quantitative estimate of drug-likeness (QED) is 0.439. The third-order valence-corrected chi connectivity index (χ3v) is 4.55. The first-order valence-corrected chi connectivity index (χ1v) is 8.53. The fourth-order valence-electron chi connectivity index (χ4n) is 2.22. The average Bonchev–Trinajstić information content (AvgIpc) is 2.56. The van der Waals surface area contributed by atoms with Gasteiger partial charge in [-0.25, -0.2) is 9.97 Å². The average molecular weight is 436 g/mol. The molecule has 1 aliphatic heterocycles. The van der Waals surface area contributed by atoms with Gasteiger partial charge in [0.2, 0.25) is 5.95 Å². The minimum atomic E-state index is 0. The van der Waals surface area contributed by atoms with Crippen molar-refractivity contribution < 1.29 is 0 Å². The molecule has 1 atom stereocenters. The maximum Gasteiger partial charge on any atom is 0.225 e. The van der Waals surface area contributed by atoms with Crippen LogP contribution in [-0.2, 0) is 0 Å².